The minimum absolute atomic E-state index is 0.238. The summed E-state index contributed by atoms with van der Waals surface area (Å²) < 4.78 is 0. The molecule has 2 amide bonds. The summed E-state index contributed by atoms with van der Waals surface area (Å²) in [6.07, 6.45) is 3.93. The Bertz CT molecular complexity index is 1130. The van der Waals surface area contributed by atoms with Gasteiger partial charge in [0.1, 0.15) is 6.04 Å². The number of fused-ring (bicyclic) bond motifs is 2. The lowest BCUT2D eigenvalue weighted by Crippen LogP contribution is -2.47. The van der Waals surface area contributed by atoms with Crippen molar-refractivity contribution in [1.82, 2.24) is 25.8 Å². The standard InChI is InChI=1S/C20H19N5O2/c1-21-20(27)18(9-13-10-22-17-5-3-2-4-15(13)17)24-19(26)12-6-7-16-14(8-12)11-23-25-16/h2-8,10-11,18,22H,9H2,1H3,(H,21,27)(H,23,25)(H,24,26)/t18-/m0/s1. The van der Waals surface area contributed by atoms with Crippen LogP contribution < -0.4 is 10.6 Å². The molecule has 27 heavy (non-hydrogen) atoms. The fourth-order valence-electron chi connectivity index (χ4n) is 3.23. The average Bonchev–Trinajstić information content (AvgIpc) is 3.33. The van der Waals surface area contributed by atoms with Crippen LogP contribution in [-0.2, 0) is 11.2 Å². The number of carbonyl (C=O) groups is 2. The number of rotatable bonds is 5. The molecule has 0 aliphatic carbocycles. The molecule has 2 aromatic carbocycles. The molecule has 0 radical (unpaired) electrons. The zero-order valence-electron chi connectivity index (χ0n) is 14.7. The van der Waals surface area contributed by atoms with E-state index in [1.807, 2.05) is 30.5 Å². The summed E-state index contributed by atoms with van der Waals surface area (Å²) in [5.74, 6) is -0.537. The van der Waals surface area contributed by atoms with Crippen LogP contribution in [0.4, 0.5) is 0 Å². The van der Waals surface area contributed by atoms with Gasteiger partial charge in [-0.15, -0.1) is 0 Å². The normalized spacial score (nSPS) is 12.2. The first-order valence-corrected chi connectivity index (χ1v) is 8.66. The summed E-state index contributed by atoms with van der Waals surface area (Å²) in [6, 6.07) is 12.5. The van der Waals surface area contributed by atoms with Crippen molar-refractivity contribution in [3.63, 3.8) is 0 Å². The number of hydrogen-bond donors (Lipinski definition) is 4. The van der Waals surface area contributed by atoms with E-state index in [-0.39, 0.29) is 11.8 Å². The highest BCUT2D eigenvalue weighted by molar-refractivity contribution is 6.00. The molecule has 4 aromatic rings. The lowest BCUT2D eigenvalue weighted by Gasteiger charge is -2.17. The fraction of sp³-hybridized carbons (Fsp3) is 0.150. The third kappa shape index (κ3) is 3.27. The molecule has 0 fully saturated rings. The van der Waals surface area contributed by atoms with Crippen LogP contribution >= 0.6 is 0 Å². The van der Waals surface area contributed by atoms with Crippen molar-refractivity contribution in [1.29, 1.82) is 0 Å². The van der Waals surface area contributed by atoms with Crippen LogP contribution in [-0.4, -0.2) is 40.1 Å². The number of likely N-dealkylation sites (N-methyl/N-ethyl adjacent to an activating group) is 1. The van der Waals surface area contributed by atoms with Crippen molar-refractivity contribution < 1.29 is 9.59 Å². The molecule has 0 saturated heterocycles. The first-order valence-electron chi connectivity index (χ1n) is 8.66. The zero-order chi connectivity index (χ0) is 18.8. The molecule has 2 heterocycles. The van der Waals surface area contributed by atoms with Crippen molar-refractivity contribution in [2.75, 3.05) is 7.05 Å². The molecule has 7 heteroatoms. The Hall–Kier alpha value is -3.61. The molecule has 0 saturated carbocycles. The highest BCUT2D eigenvalue weighted by Gasteiger charge is 2.22. The quantitative estimate of drug-likeness (QED) is 0.438. The minimum Gasteiger partial charge on any atom is -0.361 e. The first-order chi connectivity index (χ1) is 13.2. The smallest absolute Gasteiger partial charge is 0.251 e. The molecule has 7 nitrogen and oxygen atoms in total. The lowest BCUT2D eigenvalue weighted by molar-refractivity contribution is -0.122. The van der Waals surface area contributed by atoms with E-state index in [0.717, 1.165) is 27.4 Å². The molecular weight excluding hydrogens is 342 g/mol. The summed E-state index contributed by atoms with van der Waals surface area (Å²) in [4.78, 5) is 28.3. The molecule has 0 spiro atoms. The van der Waals surface area contributed by atoms with E-state index in [4.69, 9.17) is 0 Å². The number of H-pyrrole nitrogens is 2. The number of para-hydroxylation sites is 1. The monoisotopic (exact) mass is 361 g/mol. The Morgan fingerprint density at radius 3 is 2.85 bits per heavy atom. The van der Waals surface area contributed by atoms with Gasteiger partial charge in [-0.1, -0.05) is 18.2 Å². The van der Waals surface area contributed by atoms with Crippen LogP contribution in [0.1, 0.15) is 15.9 Å². The van der Waals surface area contributed by atoms with Gasteiger partial charge in [0.15, 0.2) is 0 Å². The summed E-state index contributed by atoms with van der Waals surface area (Å²) in [5, 5.41) is 14.2. The van der Waals surface area contributed by atoms with Crippen LogP contribution in [0.15, 0.2) is 54.9 Å². The predicted molar refractivity (Wildman–Crippen MR) is 103 cm³/mol. The maximum atomic E-state index is 12.7. The number of amides is 2. The lowest BCUT2D eigenvalue weighted by atomic mass is 10.0. The Morgan fingerprint density at radius 1 is 1.15 bits per heavy atom. The van der Waals surface area contributed by atoms with Crippen LogP contribution in [0.5, 0.6) is 0 Å². The van der Waals surface area contributed by atoms with E-state index in [9.17, 15) is 9.59 Å². The van der Waals surface area contributed by atoms with Crippen molar-refractivity contribution >= 4 is 33.6 Å². The number of aromatic amines is 2. The Labute approximate surface area is 155 Å². The maximum absolute atomic E-state index is 12.7. The molecule has 1 atom stereocenters. The van der Waals surface area contributed by atoms with Crippen molar-refractivity contribution in [2.45, 2.75) is 12.5 Å². The largest absolute Gasteiger partial charge is 0.361 e. The molecule has 136 valence electrons. The summed E-state index contributed by atoms with van der Waals surface area (Å²) >= 11 is 0. The van der Waals surface area contributed by atoms with Crippen molar-refractivity contribution in [2.24, 2.45) is 0 Å². The maximum Gasteiger partial charge on any atom is 0.251 e. The predicted octanol–water partition coefficient (Wildman–Crippen LogP) is 2.13. The Kier molecular flexibility index (Phi) is 4.33. The average molecular weight is 361 g/mol. The molecule has 0 unspecified atom stereocenters. The van der Waals surface area contributed by atoms with Gasteiger partial charge in [-0.2, -0.15) is 5.10 Å². The number of nitrogens with zero attached hydrogens (tertiary/aromatic N) is 1. The second kappa shape index (κ2) is 6.95. The Balaban J connectivity index is 1.58. The van der Waals surface area contributed by atoms with Gasteiger partial charge in [-0.05, 0) is 29.8 Å². The number of benzene rings is 2. The summed E-state index contributed by atoms with van der Waals surface area (Å²) in [6.45, 7) is 0. The molecule has 2 aromatic heterocycles. The van der Waals surface area contributed by atoms with E-state index in [2.05, 4.69) is 25.8 Å². The fourth-order valence-corrected chi connectivity index (χ4v) is 3.23. The van der Waals surface area contributed by atoms with Crippen molar-refractivity contribution in [3.8, 4) is 0 Å². The Morgan fingerprint density at radius 2 is 2.00 bits per heavy atom. The van der Waals surface area contributed by atoms with Gasteiger partial charge < -0.3 is 15.6 Å². The third-order valence-electron chi connectivity index (χ3n) is 4.67. The molecular formula is C20H19N5O2. The van der Waals surface area contributed by atoms with Gasteiger partial charge in [0.25, 0.3) is 5.91 Å². The van der Waals surface area contributed by atoms with Crippen LogP contribution in [0.2, 0.25) is 0 Å². The van der Waals surface area contributed by atoms with E-state index in [1.165, 1.54) is 0 Å². The van der Waals surface area contributed by atoms with Crippen molar-refractivity contribution in [3.05, 3.63) is 66.0 Å². The molecule has 0 aliphatic heterocycles. The topological polar surface area (TPSA) is 103 Å². The van der Waals surface area contributed by atoms with Crippen LogP contribution in [0, 0.1) is 0 Å². The summed E-state index contributed by atoms with van der Waals surface area (Å²) in [7, 11) is 1.56. The first kappa shape index (κ1) is 16.8. The van der Waals surface area contributed by atoms with Crippen LogP contribution in [0.25, 0.3) is 21.8 Å². The van der Waals surface area contributed by atoms with Gasteiger partial charge in [-0.25, -0.2) is 0 Å². The molecule has 0 bridgehead atoms. The van der Waals surface area contributed by atoms with Gasteiger partial charge in [0, 0.05) is 41.5 Å². The molecule has 4 N–H and O–H groups in total. The second-order valence-corrected chi connectivity index (χ2v) is 6.38. The number of carbonyl (C=O) groups excluding carboxylic acids is 2. The van der Waals surface area contributed by atoms with Gasteiger partial charge in [0.2, 0.25) is 5.91 Å². The number of hydrogen-bond acceptors (Lipinski definition) is 3. The van der Waals surface area contributed by atoms with Gasteiger partial charge in [0.05, 0.1) is 11.7 Å². The molecule has 0 aliphatic rings. The second-order valence-electron chi connectivity index (χ2n) is 6.38. The molecule has 4 rings (SSSR count). The highest BCUT2D eigenvalue weighted by atomic mass is 16.2. The van der Waals surface area contributed by atoms with E-state index < -0.39 is 6.04 Å². The van der Waals surface area contributed by atoms with Gasteiger partial charge >= 0.3 is 0 Å². The van der Waals surface area contributed by atoms with E-state index in [1.54, 1.807) is 31.4 Å². The van der Waals surface area contributed by atoms with E-state index >= 15 is 0 Å². The van der Waals surface area contributed by atoms with Crippen LogP contribution in [0.3, 0.4) is 0 Å². The van der Waals surface area contributed by atoms with Gasteiger partial charge in [-0.3, -0.25) is 14.7 Å². The summed E-state index contributed by atoms with van der Waals surface area (Å²) in [5.41, 5.74) is 3.31. The highest BCUT2D eigenvalue weighted by Crippen LogP contribution is 2.19. The third-order valence-corrected chi connectivity index (χ3v) is 4.67. The zero-order valence-corrected chi connectivity index (χ0v) is 14.7. The number of nitrogens with one attached hydrogen (secondary N) is 4. The SMILES string of the molecule is CNC(=O)[C@H](Cc1c[nH]c2ccccc12)NC(=O)c1ccc2[nH]ncc2c1. The van der Waals surface area contributed by atoms with E-state index in [0.29, 0.717) is 12.0 Å². The minimum atomic E-state index is -0.679. The number of aromatic nitrogens is 3.